The Bertz CT molecular complexity index is 548. The number of rotatable bonds is 6. The fraction of sp³-hybridized carbons (Fsp3) is 0.438. The van der Waals surface area contributed by atoms with Gasteiger partial charge in [0.15, 0.2) is 0 Å². The molecular weight excluding hydrogens is 266 g/mol. The molecule has 108 valence electrons. The van der Waals surface area contributed by atoms with Gasteiger partial charge in [-0.25, -0.2) is 4.98 Å². The first-order valence-electron chi connectivity index (χ1n) is 6.93. The average Bonchev–Trinajstić information content (AvgIpc) is 2.83. The molecule has 0 fully saturated rings. The smallest absolute Gasteiger partial charge is 0.0898 e. The molecule has 3 nitrogen and oxygen atoms in total. The van der Waals surface area contributed by atoms with Gasteiger partial charge < -0.3 is 10.2 Å². The molecule has 0 aliphatic carbocycles. The van der Waals surface area contributed by atoms with Gasteiger partial charge in [-0.1, -0.05) is 24.3 Å². The van der Waals surface area contributed by atoms with Crippen molar-refractivity contribution in [3.63, 3.8) is 0 Å². The van der Waals surface area contributed by atoms with Crippen molar-refractivity contribution in [1.29, 1.82) is 0 Å². The van der Waals surface area contributed by atoms with Crippen LogP contribution in [-0.4, -0.2) is 24.0 Å². The Balaban J connectivity index is 2.00. The van der Waals surface area contributed by atoms with Gasteiger partial charge in [0.25, 0.3) is 0 Å². The molecule has 0 saturated carbocycles. The van der Waals surface area contributed by atoms with Crippen LogP contribution in [0.2, 0.25) is 0 Å². The molecule has 0 saturated heterocycles. The molecule has 1 aromatic heterocycles. The maximum absolute atomic E-state index is 4.54. The van der Waals surface area contributed by atoms with Crippen LogP contribution in [-0.2, 0) is 13.1 Å². The third-order valence-electron chi connectivity index (χ3n) is 3.28. The summed E-state index contributed by atoms with van der Waals surface area (Å²) in [5, 5.41) is 6.83. The second-order valence-electron chi connectivity index (χ2n) is 5.40. The summed E-state index contributed by atoms with van der Waals surface area (Å²) in [6, 6.07) is 8.90. The fourth-order valence-electron chi connectivity index (χ4n) is 2.17. The molecule has 20 heavy (non-hydrogen) atoms. The second-order valence-corrected chi connectivity index (χ2v) is 6.46. The molecule has 0 spiro atoms. The van der Waals surface area contributed by atoms with Crippen molar-refractivity contribution in [2.24, 2.45) is 0 Å². The van der Waals surface area contributed by atoms with E-state index in [4.69, 9.17) is 0 Å². The fourth-order valence-corrected chi connectivity index (χ4v) is 2.88. The predicted octanol–water partition coefficient (Wildman–Crippen LogP) is 3.36. The third kappa shape index (κ3) is 4.13. The molecule has 2 rings (SSSR count). The van der Waals surface area contributed by atoms with Crippen molar-refractivity contribution < 1.29 is 0 Å². The molecule has 0 radical (unpaired) electrons. The Morgan fingerprint density at radius 2 is 1.95 bits per heavy atom. The zero-order valence-electron chi connectivity index (χ0n) is 12.7. The number of aryl methyl sites for hydroxylation is 1. The van der Waals surface area contributed by atoms with E-state index in [1.165, 1.54) is 11.1 Å². The lowest BCUT2D eigenvalue weighted by Gasteiger charge is -2.16. The number of aromatic nitrogens is 1. The molecule has 0 aliphatic heterocycles. The second kappa shape index (κ2) is 6.97. The molecular formula is C16H23N3S. The lowest BCUT2D eigenvalue weighted by atomic mass is 10.1. The zero-order chi connectivity index (χ0) is 14.5. The van der Waals surface area contributed by atoms with Gasteiger partial charge in [-0.05, 0) is 39.1 Å². The Labute approximate surface area is 125 Å². The van der Waals surface area contributed by atoms with Crippen LogP contribution in [0.1, 0.15) is 34.8 Å². The van der Waals surface area contributed by atoms with Crippen LogP contribution in [0.25, 0.3) is 0 Å². The van der Waals surface area contributed by atoms with Crippen LogP contribution < -0.4 is 5.32 Å². The van der Waals surface area contributed by atoms with Crippen molar-refractivity contribution in [1.82, 2.24) is 15.2 Å². The SMILES string of the molecule is Cc1nc(C(C)NCc2ccccc2CN(C)C)cs1. The molecule has 1 unspecified atom stereocenters. The van der Waals surface area contributed by atoms with E-state index >= 15 is 0 Å². The Hall–Kier alpha value is -1.23. The van der Waals surface area contributed by atoms with Crippen LogP contribution in [0.15, 0.2) is 29.6 Å². The highest BCUT2D eigenvalue weighted by atomic mass is 32.1. The quantitative estimate of drug-likeness (QED) is 0.884. The number of nitrogens with one attached hydrogen (secondary N) is 1. The van der Waals surface area contributed by atoms with Gasteiger partial charge in [0, 0.05) is 24.5 Å². The van der Waals surface area contributed by atoms with Gasteiger partial charge in [0.2, 0.25) is 0 Å². The molecule has 0 amide bonds. The monoisotopic (exact) mass is 289 g/mol. The molecule has 4 heteroatoms. The van der Waals surface area contributed by atoms with Crippen LogP contribution in [0.3, 0.4) is 0 Å². The first-order valence-corrected chi connectivity index (χ1v) is 7.81. The molecule has 1 atom stereocenters. The summed E-state index contributed by atoms with van der Waals surface area (Å²) in [7, 11) is 4.20. The van der Waals surface area contributed by atoms with Crippen LogP contribution in [0, 0.1) is 6.92 Å². The standard InChI is InChI=1S/C16H23N3S/c1-12(16-11-20-13(2)18-16)17-9-14-7-5-6-8-15(14)10-19(3)4/h5-8,11-12,17H,9-10H2,1-4H3. The minimum absolute atomic E-state index is 0.285. The lowest BCUT2D eigenvalue weighted by Crippen LogP contribution is -2.20. The lowest BCUT2D eigenvalue weighted by molar-refractivity contribution is 0.399. The molecule has 1 N–H and O–H groups in total. The molecule has 1 heterocycles. The van der Waals surface area contributed by atoms with Crippen molar-refractivity contribution in [3.8, 4) is 0 Å². The number of hydrogen-bond donors (Lipinski definition) is 1. The van der Waals surface area contributed by atoms with Crippen LogP contribution in [0.4, 0.5) is 0 Å². The summed E-state index contributed by atoms with van der Waals surface area (Å²) in [6.45, 7) is 6.07. The highest BCUT2D eigenvalue weighted by molar-refractivity contribution is 7.09. The molecule has 1 aromatic carbocycles. The minimum atomic E-state index is 0.285. The maximum Gasteiger partial charge on any atom is 0.0898 e. The summed E-state index contributed by atoms with van der Waals surface area (Å²) in [4.78, 5) is 6.74. The van der Waals surface area contributed by atoms with E-state index in [9.17, 15) is 0 Å². The van der Waals surface area contributed by atoms with Gasteiger partial charge in [0.1, 0.15) is 0 Å². The summed E-state index contributed by atoms with van der Waals surface area (Å²) in [6.07, 6.45) is 0. The Morgan fingerprint density at radius 3 is 2.55 bits per heavy atom. The number of thiazole rings is 1. The maximum atomic E-state index is 4.54. The first-order chi connectivity index (χ1) is 9.56. The van der Waals surface area contributed by atoms with Gasteiger partial charge in [-0.2, -0.15) is 0 Å². The summed E-state index contributed by atoms with van der Waals surface area (Å²) in [5.41, 5.74) is 3.88. The number of benzene rings is 1. The molecule has 2 aromatic rings. The normalized spacial score (nSPS) is 12.8. The van der Waals surface area contributed by atoms with Crippen molar-refractivity contribution in [2.75, 3.05) is 14.1 Å². The highest BCUT2D eigenvalue weighted by Crippen LogP contribution is 2.17. The van der Waals surface area contributed by atoms with Gasteiger partial charge in [0.05, 0.1) is 10.7 Å². The predicted molar refractivity (Wildman–Crippen MR) is 85.9 cm³/mol. The first kappa shape index (κ1) is 15.2. The number of hydrogen-bond acceptors (Lipinski definition) is 4. The van der Waals surface area contributed by atoms with E-state index < -0.39 is 0 Å². The Kier molecular flexibility index (Phi) is 5.29. The van der Waals surface area contributed by atoms with E-state index in [-0.39, 0.29) is 6.04 Å². The summed E-state index contributed by atoms with van der Waals surface area (Å²) in [5.74, 6) is 0. The van der Waals surface area contributed by atoms with Crippen LogP contribution >= 0.6 is 11.3 Å². The topological polar surface area (TPSA) is 28.2 Å². The highest BCUT2D eigenvalue weighted by Gasteiger charge is 2.09. The average molecular weight is 289 g/mol. The number of nitrogens with zero attached hydrogens (tertiary/aromatic N) is 2. The summed E-state index contributed by atoms with van der Waals surface area (Å²) >= 11 is 1.71. The minimum Gasteiger partial charge on any atom is -0.305 e. The van der Waals surface area contributed by atoms with E-state index in [2.05, 4.69) is 65.9 Å². The van der Waals surface area contributed by atoms with Crippen molar-refractivity contribution >= 4 is 11.3 Å². The summed E-state index contributed by atoms with van der Waals surface area (Å²) < 4.78 is 0. The Morgan fingerprint density at radius 1 is 1.25 bits per heavy atom. The van der Waals surface area contributed by atoms with E-state index in [0.29, 0.717) is 0 Å². The van der Waals surface area contributed by atoms with Gasteiger partial charge >= 0.3 is 0 Å². The third-order valence-corrected chi connectivity index (χ3v) is 4.08. The molecule has 0 aliphatic rings. The molecule has 0 bridgehead atoms. The van der Waals surface area contributed by atoms with Crippen molar-refractivity contribution in [2.45, 2.75) is 33.0 Å². The zero-order valence-corrected chi connectivity index (χ0v) is 13.5. The van der Waals surface area contributed by atoms with E-state index in [0.717, 1.165) is 23.8 Å². The van der Waals surface area contributed by atoms with Crippen LogP contribution in [0.5, 0.6) is 0 Å². The van der Waals surface area contributed by atoms with Gasteiger partial charge in [-0.3, -0.25) is 0 Å². The van der Waals surface area contributed by atoms with E-state index in [1.807, 2.05) is 6.92 Å². The van der Waals surface area contributed by atoms with E-state index in [1.54, 1.807) is 11.3 Å². The van der Waals surface area contributed by atoms with Gasteiger partial charge in [-0.15, -0.1) is 11.3 Å². The van der Waals surface area contributed by atoms with Crippen molar-refractivity contribution in [3.05, 3.63) is 51.5 Å². The largest absolute Gasteiger partial charge is 0.305 e.